The van der Waals surface area contributed by atoms with Crippen molar-refractivity contribution in [3.63, 3.8) is 0 Å². The van der Waals surface area contributed by atoms with Crippen LogP contribution in [0.15, 0.2) is 48.0 Å². The van der Waals surface area contributed by atoms with Gasteiger partial charge in [-0.05, 0) is 30.3 Å². The van der Waals surface area contributed by atoms with Crippen LogP contribution in [0.2, 0.25) is 5.02 Å². The predicted molar refractivity (Wildman–Crippen MR) is 120 cm³/mol. The number of hydrogen-bond acceptors (Lipinski definition) is 7. The Balaban J connectivity index is 1.65. The Kier molecular flexibility index (Phi) is 5.05. The first-order valence-electron chi connectivity index (χ1n) is 9.36. The number of nitrogens with zero attached hydrogens (tertiary/aromatic N) is 5. The highest BCUT2D eigenvalue weighted by Gasteiger charge is 2.21. The summed E-state index contributed by atoms with van der Waals surface area (Å²) >= 11 is 7.72. The van der Waals surface area contributed by atoms with Crippen LogP contribution in [0.4, 0.5) is 0 Å². The molecular formula is C21H17ClN6O2S. The fourth-order valence-corrected chi connectivity index (χ4v) is 4.09. The monoisotopic (exact) mass is 452 g/mol. The fraction of sp³-hybridized carbons (Fsp3) is 0.143. The number of benzene rings is 2. The summed E-state index contributed by atoms with van der Waals surface area (Å²) in [7, 11) is 3.25. The van der Waals surface area contributed by atoms with Crippen LogP contribution in [0, 0.1) is 0 Å². The molecule has 0 atom stereocenters. The van der Waals surface area contributed by atoms with E-state index in [1.165, 1.54) is 11.3 Å². The van der Waals surface area contributed by atoms with E-state index in [9.17, 15) is 0 Å². The average Bonchev–Trinajstić information content (AvgIpc) is 3.53. The highest BCUT2D eigenvalue weighted by atomic mass is 35.5. The molecule has 0 saturated carbocycles. The van der Waals surface area contributed by atoms with E-state index in [4.69, 9.17) is 31.2 Å². The third-order valence-corrected chi connectivity index (χ3v) is 5.85. The Labute approximate surface area is 186 Å². The number of nitrogens with one attached hydrogen (secondary N) is 1. The average molecular weight is 453 g/mol. The molecule has 0 amide bonds. The Morgan fingerprint density at radius 2 is 2.03 bits per heavy atom. The van der Waals surface area contributed by atoms with Crippen molar-refractivity contribution in [3.8, 4) is 33.8 Å². The lowest BCUT2D eigenvalue weighted by molar-refractivity contribution is 0.389. The molecule has 0 aliphatic heterocycles. The zero-order valence-corrected chi connectivity index (χ0v) is 18.2. The van der Waals surface area contributed by atoms with Crippen LogP contribution in [-0.4, -0.2) is 44.2 Å². The summed E-state index contributed by atoms with van der Waals surface area (Å²) in [6.45, 7) is 0.426. The SMILES string of the molecule is COc1ccc(Cn2nc(-c3nccs3)nc2-c2n[nH]c3ccc(Cl)cc23)c(OC)c1. The summed E-state index contributed by atoms with van der Waals surface area (Å²) in [5.41, 5.74) is 2.46. The Morgan fingerprint density at radius 1 is 1.13 bits per heavy atom. The lowest BCUT2D eigenvalue weighted by Crippen LogP contribution is -2.06. The van der Waals surface area contributed by atoms with Crippen molar-refractivity contribution in [2.24, 2.45) is 0 Å². The van der Waals surface area contributed by atoms with E-state index < -0.39 is 0 Å². The quantitative estimate of drug-likeness (QED) is 0.402. The maximum Gasteiger partial charge on any atom is 0.210 e. The molecule has 3 heterocycles. The highest BCUT2D eigenvalue weighted by Crippen LogP contribution is 2.31. The maximum absolute atomic E-state index is 6.24. The number of thiazole rings is 1. The standard InChI is InChI=1S/C21H17ClN6O2S/c1-29-14-5-3-12(17(10-14)30-2)11-28-20(24-19(27-28)21-23-7-8-31-21)18-15-9-13(22)4-6-16(15)25-26-18/h3-10H,11H2,1-2H3,(H,25,26). The van der Waals surface area contributed by atoms with Crippen molar-refractivity contribution in [1.29, 1.82) is 0 Å². The van der Waals surface area contributed by atoms with E-state index in [1.54, 1.807) is 25.1 Å². The van der Waals surface area contributed by atoms with Gasteiger partial charge in [0.15, 0.2) is 10.8 Å². The molecule has 0 saturated heterocycles. The summed E-state index contributed by atoms with van der Waals surface area (Å²) < 4.78 is 12.7. The van der Waals surface area contributed by atoms with Gasteiger partial charge in [0.05, 0.1) is 26.3 Å². The van der Waals surface area contributed by atoms with Gasteiger partial charge in [0.2, 0.25) is 5.82 Å². The number of aromatic amines is 1. The molecule has 31 heavy (non-hydrogen) atoms. The van der Waals surface area contributed by atoms with E-state index in [0.29, 0.717) is 34.7 Å². The molecule has 3 aromatic heterocycles. The zero-order valence-electron chi connectivity index (χ0n) is 16.7. The lowest BCUT2D eigenvalue weighted by atomic mass is 10.1. The topological polar surface area (TPSA) is 90.7 Å². The molecule has 2 aromatic carbocycles. The van der Waals surface area contributed by atoms with Crippen LogP contribution < -0.4 is 9.47 Å². The summed E-state index contributed by atoms with van der Waals surface area (Å²) in [5, 5.41) is 16.4. The van der Waals surface area contributed by atoms with Gasteiger partial charge in [-0.2, -0.15) is 5.10 Å². The van der Waals surface area contributed by atoms with Crippen LogP contribution in [0.3, 0.4) is 0 Å². The third-order valence-electron chi connectivity index (χ3n) is 4.85. The van der Waals surface area contributed by atoms with Crippen molar-refractivity contribution >= 4 is 33.8 Å². The van der Waals surface area contributed by atoms with Gasteiger partial charge in [0, 0.05) is 33.6 Å². The van der Waals surface area contributed by atoms with E-state index in [1.807, 2.05) is 41.8 Å². The molecular weight excluding hydrogens is 436 g/mol. The minimum atomic E-state index is 0.426. The number of hydrogen-bond donors (Lipinski definition) is 1. The molecule has 0 fully saturated rings. The van der Waals surface area contributed by atoms with Crippen LogP contribution in [-0.2, 0) is 6.54 Å². The number of rotatable bonds is 6. The molecule has 8 nitrogen and oxygen atoms in total. The van der Waals surface area contributed by atoms with Crippen molar-refractivity contribution in [2.75, 3.05) is 14.2 Å². The number of aromatic nitrogens is 6. The second kappa shape index (κ2) is 8.01. The number of halogens is 1. The molecule has 1 N–H and O–H groups in total. The van der Waals surface area contributed by atoms with E-state index in [2.05, 4.69) is 15.2 Å². The van der Waals surface area contributed by atoms with Gasteiger partial charge in [0.25, 0.3) is 0 Å². The molecule has 156 valence electrons. The van der Waals surface area contributed by atoms with Gasteiger partial charge in [-0.3, -0.25) is 5.10 Å². The molecule has 0 bridgehead atoms. The summed E-state index contributed by atoms with van der Waals surface area (Å²) in [6.07, 6.45) is 1.73. The zero-order chi connectivity index (χ0) is 21.4. The van der Waals surface area contributed by atoms with Crippen molar-refractivity contribution < 1.29 is 9.47 Å². The van der Waals surface area contributed by atoms with Gasteiger partial charge < -0.3 is 9.47 Å². The van der Waals surface area contributed by atoms with E-state index >= 15 is 0 Å². The Morgan fingerprint density at radius 3 is 2.81 bits per heavy atom. The number of H-pyrrole nitrogens is 1. The van der Waals surface area contributed by atoms with Gasteiger partial charge in [0.1, 0.15) is 17.2 Å². The van der Waals surface area contributed by atoms with Crippen molar-refractivity contribution in [3.05, 3.63) is 58.6 Å². The van der Waals surface area contributed by atoms with Crippen molar-refractivity contribution in [1.82, 2.24) is 29.9 Å². The molecule has 0 spiro atoms. The van der Waals surface area contributed by atoms with Gasteiger partial charge in [-0.25, -0.2) is 14.6 Å². The number of ether oxygens (including phenoxy) is 2. The molecule has 10 heteroatoms. The van der Waals surface area contributed by atoms with Gasteiger partial charge >= 0.3 is 0 Å². The first kappa shape index (κ1) is 19.5. The second-order valence-electron chi connectivity index (χ2n) is 6.69. The van der Waals surface area contributed by atoms with Crippen molar-refractivity contribution in [2.45, 2.75) is 6.54 Å². The molecule has 5 rings (SSSR count). The first-order chi connectivity index (χ1) is 15.2. The number of fused-ring (bicyclic) bond motifs is 1. The first-order valence-corrected chi connectivity index (χ1v) is 10.6. The second-order valence-corrected chi connectivity index (χ2v) is 8.02. The molecule has 0 radical (unpaired) electrons. The fourth-order valence-electron chi connectivity index (χ4n) is 3.35. The summed E-state index contributed by atoms with van der Waals surface area (Å²) in [4.78, 5) is 9.12. The lowest BCUT2D eigenvalue weighted by Gasteiger charge is -2.11. The molecule has 5 aromatic rings. The van der Waals surface area contributed by atoms with Gasteiger partial charge in [-0.1, -0.05) is 11.6 Å². The largest absolute Gasteiger partial charge is 0.497 e. The smallest absolute Gasteiger partial charge is 0.210 e. The van der Waals surface area contributed by atoms with E-state index in [-0.39, 0.29) is 0 Å². The Bertz CT molecular complexity index is 1360. The predicted octanol–water partition coefficient (Wildman–Crippen LogP) is 4.66. The van der Waals surface area contributed by atoms with Gasteiger partial charge in [-0.15, -0.1) is 16.4 Å². The summed E-state index contributed by atoms with van der Waals surface area (Å²) in [5.74, 6) is 2.56. The van der Waals surface area contributed by atoms with Crippen LogP contribution >= 0.6 is 22.9 Å². The van der Waals surface area contributed by atoms with Crippen LogP contribution in [0.1, 0.15) is 5.56 Å². The third kappa shape index (κ3) is 3.62. The molecule has 0 unspecified atom stereocenters. The Hall–Kier alpha value is -3.43. The molecule has 0 aliphatic carbocycles. The maximum atomic E-state index is 6.24. The number of methoxy groups -OCH3 is 2. The minimum absolute atomic E-state index is 0.426. The molecule has 0 aliphatic rings. The minimum Gasteiger partial charge on any atom is -0.497 e. The van der Waals surface area contributed by atoms with E-state index in [0.717, 1.165) is 27.2 Å². The van der Waals surface area contributed by atoms with Crippen LogP contribution in [0.5, 0.6) is 11.5 Å². The highest BCUT2D eigenvalue weighted by molar-refractivity contribution is 7.13. The summed E-state index contributed by atoms with van der Waals surface area (Å²) in [6, 6.07) is 11.3. The normalized spacial score (nSPS) is 11.2. The van der Waals surface area contributed by atoms with Crippen LogP contribution in [0.25, 0.3) is 33.3 Å².